The Hall–Kier alpha value is -1.78. The summed E-state index contributed by atoms with van der Waals surface area (Å²) in [6, 6.07) is 1.96. The molecule has 2 aromatic rings. The average Bonchev–Trinajstić information content (AvgIpc) is 2.82. The lowest BCUT2D eigenvalue weighted by atomic mass is 10.1. The van der Waals surface area contributed by atoms with E-state index in [1.807, 2.05) is 31.0 Å². The number of aromatic nitrogens is 4. The second-order valence-electron chi connectivity index (χ2n) is 4.60. The Bertz CT molecular complexity index is 495. The van der Waals surface area contributed by atoms with Gasteiger partial charge in [-0.3, -0.25) is 9.36 Å². The quantitative estimate of drug-likeness (QED) is 0.877. The SMILES string of the molecule is CC(C)c1nn(C)cc1CNc1ccn(C)n1. The van der Waals surface area contributed by atoms with Gasteiger partial charge in [0.25, 0.3) is 0 Å². The molecule has 2 aromatic heterocycles. The fraction of sp³-hybridized carbons (Fsp3) is 0.500. The Kier molecular flexibility index (Phi) is 3.17. The van der Waals surface area contributed by atoms with E-state index in [4.69, 9.17) is 0 Å². The van der Waals surface area contributed by atoms with Gasteiger partial charge >= 0.3 is 0 Å². The first-order valence-corrected chi connectivity index (χ1v) is 5.82. The van der Waals surface area contributed by atoms with Gasteiger partial charge in [-0.2, -0.15) is 10.2 Å². The maximum absolute atomic E-state index is 4.48. The molecule has 0 aliphatic heterocycles. The molecule has 0 aliphatic carbocycles. The number of rotatable bonds is 4. The van der Waals surface area contributed by atoms with Gasteiger partial charge in [0.05, 0.1) is 5.69 Å². The number of nitrogens with zero attached hydrogens (tertiary/aromatic N) is 4. The van der Waals surface area contributed by atoms with Crippen molar-refractivity contribution in [1.29, 1.82) is 0 Å². The Balaban J connectivity index is 2.08. The average molecular weight is 233 g/mol. The van der Waals surface area contributed by atoms with E-state index < -0.39 is 0 Å². The van der Waals surface area contributed by atoms with Crippen molar-refractivity contribution in [3.63, 3.8) is 0 Å². The highest BCUT2D eigenvalue weighted by atomic mass is 15.3. The third kappa shape index (κ3) is 2.67. The molecule has 0 spiro atoms. The van der Waals surface area contributed by atoms with E-state index in [0.717, 1.165) is 18.1 Å². The van der Waals surface area contributed by atoms with Crippen LogP contribution in [0.3, 0.4) is 0 Å². The zero-order chi connectivity index (χ0) is 12.4. The van der Waals surface area contributed by atoms with E-state index >= 15 is 0 Å². The molecule has 1 N–H and O–H groups in total. The maximum Gasteiger partial charge on any atom is 0.148 e. The van der Waals surface area contributed by atoms with E-state index in [2.05, 4.69) is 35.6 Å². The molecule has 0 saturated heterocycles. The minimum absolute atomic E-state index is 0.441. The molecule has 0 aromatic carbocycles. The monoisotopic (exact) mass is 233 g/mol. The van der Waals surface area contributed by atoms with Crippen molar-refractivity contribution in [3.8, 4) is 0 Å². The predicted molar refractivity (Wildman–Crippen MR) is 67.8 cm³/mol. The first kappa shape index (κ1) is 11.7. The summed E-state index contributed by atoms with van der Waals surface area (Å²) in [5.41, 5.74) is 2.38. The van der Waals surface area contributed by atoms with Crippen LogP contribution in [-0.4, -0.2) is 19.6 Å². The van der Waals surface area contributed by atoms with Crippen molar-refractivity contribution in [2.45, 2.75) is 26.3 Å². The van der Waals surface area contributed by atoms with Gasteiger partial charge in [-0.15, -0.1) is 0 Å². The molecule has 0 atom stereocenters. The highest BCUT2D eigenvalue weighted by molar-refractivity contribution is 5.34. The zero-order valence-corrected chi connectivity index (χ0v) is 10.8. The minimum Gasteiger partial charge on any atom is -0.364 e. The summed E-state index contributed by atoms with van der Waals surface area (Å²) in [6.07, 6.45) is 3.99. The highest BCUT2D eigenvalue weighted by Gasteiger charge is 2.11. The lowest BCUT2D eigenvalue weighted by Gasteiger charge is -2.05. The van der Waals surface area contributed by atoms with Gasteiger partial charge in [0.15, 0.2) is 0 Å². The molecular formula is C12H19N5. The van der Waals surface area contributed by atoms with Gasteiger partial charge in [-0.05, 0) is 5.92 Å². The largest absolute Gasteiger partial charge is 0.364 e. The molecule has 2 rings (SSSR count). The molecular weight excluding hydrogens is 214 g/mol. The van der Waals surface area contributed by atoms with E-state index in [-0.39, 0.29) is 0 Å². The van der Waals surface area contributed by atoms with Crippen molar-refractivity contribution in [1.82, 2.24) is 19.6 Å². The second-order valence-corrected chi connectivity index (χ2v) is 4.60. The van der Waals surface area contributed by atoms with E-state index in [9.17, 15) is 0 Å². The zero-order valence-electron chi connectivity index (χ0n) is 10.8. The van der Waals surface area contributed by atoms with Crippen LogP contribution in [0.25, 0.3) is 0 Å². The van der Waals surface area contributed by atoms with Gasteiger partial charge in [0.2, 0.25) is 0 Å². The minimum atomic E-state index is 0.441. The van der Waals surface area contributed by atoms with Crippen molar-refractivity contribution < 1.29 is 0 Å². The Morgan fingerprint density at radius 1 is 1.24 bits per heavy atom. The van der Waals surface area contributed by atoms with Crippen LogP contribution in [0.15, 0.2) is 18.5 Å². The molecule has 0 saturated carbocycles. The Morgan fingerprint density at radius 2 is 2.00 bits per heavy atom. The molecule has 2 heterocycles. The molecule has 0 radical (unpaired) electrons. The lowest BCUT2D eigenvalue weighted by molar-refractivity contribution is 0.711. The normalized spacial score (nSPS) is 11.1. The first-order valence-electron chi connectivity index (χ1n) is 5.82. The summed E-state index contributed by atoms with van der Waals surface area (Å²) in [5.74, 6) is 1.34. The summed E-state index contributed by atoms with van der Waals surface area (Å²) in [6.45, 7) is 5.08. The van der Waals surface area contributed by atoms with Gasteiger partial charge in [-0.1, -0.05) is 13.8 Å². The second kappa shape index (κ2) is 4.61. The standard InChI is InChI=1S/C12H19N5/c1-9(2)12-10(8-17(4)15-12)7-13-11-5-6-16(3)14-11/h5-6,8-9H,7H2,1-4H3,(H,13,14). The number of aryl methyl sites for hydroxylation is 2. The van der Waals surface area contributed by atoms with Gasteiger partial charge in [0.1, 0.15) is 5.82 Å². The van der Waals surface area contributed by atoms with Crippen LogP contribution in [0.2, 0.25) is 0 Å². The smallest absolute Gasteiger partial charge is 0.148 e. The highest BCUT2D eigenvalue weighted by Crippen LogP contribution is 2.18. The van der Waals surface area contributed by atoms with Crippen LogP contribution >= 0.6 is 0 Å². The number of anilines is 1. The summed E-state index contributed by atoms with van der Waals surface area (Å²) >= 11 is 0. The third-order valence-electron chi connectivity index (χ3n) is 2.66. The van der Waals surface area contributed by atoms with Crippen LogP contribution in [0.5, 0.6) is 0 Å². The van der Waals surface area contributed by atoms with Crippen molar-refractivity contribution in [2.75, 3.05) is 5.32 Å². The van der Waals surface area contributed by atoms with Crippen molar-refractivity contribution in [3.05, 3.63) is 29.7 Å². The number of hydrogen-bond donors (Lipinski definition) is 1. The molecule has 0 amide bonds. The van der Waals surface area contributed by atoms with Crippen molar-refractivity contribution >= 4 is 5.82 Å². The summed E-state index contributed by atoms with van der Waals surface area (Å²) < 4.78 is 3.65. The van der Waals surface area contributed by atoms with Crippen LogP contribution in [0.4, 0.5) is 5.82 Å². The summed E-state index contributed by atoms with van der Waals surface area (Å²) in [5, 5.41) is 12.1. The fourth-order valence-corrected chi connectivity index (χ4v) is 1.87. The molecule has 0 aliphatic rings. The van der Waals surface area contributed by atoms with Crippen LogP contribution in [0, 0.1) is 0 Å². The topological polar surface area (TPSA) is 47.7 Å². The van der Waals surface area contributed by atoms with Gasteiger partial charge in [0, 0.05) is 44.7 Å². The third-order valence-corrected chi connectivity index (χ3v) is 2.66. The fourth-order valence-electron chi connectivity index (χ4n) is 1.87. The van der Waals surface area contributed by atoms with Gasteiger partial charge < -0.3 is 5.32 Å². The Morgan fingerprint density at radius 3 is 2.59 bits per heavy atom. The maximum atomic E-state index is 4.48. The lowest BCUT2D eigenvalue weighted by Crippen LogP contribution is -2.03. The molecule has 5 nitrogen and oxygen atoms in total. The van der Waals surface area contributed by atoms with Crippen molar-refractivity contribution in [2.24, 2.45) is 14.1 Å². The van der Waals surface area contributed by atoms with Crippen LogP contribution in [0.1, 0.15) is 31.0 Å². The molecule has 0 bridgehead atoms. The molecule has 0 unspecified atom stereocenters. The predicted octanol–water partition coefficient (Wildman–Crippen LogP) is 1.89. The van der Waals surface area contributed by atoms with Crippen LogP contribution in [-0.2, 0) is 20.6 Å². The first-order chi connectivity index (χ1) is 8.06. The summed E-state index contributed by atoms with van der Waals surface area (Å²) in [7, 11) is 3.87. The van der Waals surface area contributed by atoms with Crippen LogP contribution < -0.4 is 5.32 Å². The molecule has 5 heteroatoms. The van der Waals surface area contributed by atoms with E-state index in [0.29, 0.717) is 5.92 Å². The molecule has 92 valence electrons. The number of nitrogens with one attached hydrogen (secondary N) is 1. The van der Waals surface area contributed by atoms with E-state index in [1.165, 1.54) is 5.56 Å². The Labute approximate surface area is 101 Å². The number of hydrogen-bond acceptors (Lipinski definition) is 3. The molecule has 0 fully saturated rings. The van der Waals surface area contributed by atoms with Gasteiger partial charge in [-0.25, -0.2) is 0 Å². The molecule has 17 heavy (non-hydrogen) atoms. The summed E-state index contributed by atoms with van der Waals surface area (Å²) in [4.78, 5) is 0. The van der Waals surface area contributed by atoms with E-state index in [1.54, 1.807) is 4.68 Å².